The van der Waals surface area contributed by atoms with E-state index in [1.165, 1.54) is 10.4 Å². The summed E-state index contributed by atoms with van der Waals surface area (Å²) in [6.07, 6.45) is -0.349. The maximum Gasteiger partial charge on any atom is 0.243 e. The molecule has 21 heavy (non-hydrogen) atoms. The molecule has 1 aliphatic rings. The Labute approximate surface area is 124 Å². The van der Waals surface area contributed by atoms with Crippen molar-refractivity contribution in [2.24, 2.45) is 0 Å². The van der Waals surface area contributed by atoms with Crippen molar-refractivity contribution in [2.45, 2.75) is 23.5 Å². The highest BCUT2D eigenvalue weighted by Gasteiger charge is 2.39. The molecule has 1 fully saturated rings. The molecule has 1 heterocycles. The van der Waals surface area contributed by atoms with Gasteiger partial charge < -0.3 is 15.7 Å². The van der Waals surface area contributed by atoms with Crippen LogP contribution in [0.1, 0.15) is 6.42 Å². The van der Waals surface area contributed by atoms with Crippen LogP contribution in [-0.2, 0) is 10.0 Å². The molecule has 1 saturated heterocycles. The number of anilines is 1. The van der Waals surface area contributed by atoms with Crippen molar-refractivity contribution in [3.05, 3.63) is 24.0 Å². The number of aliphatic hydroxyl groups excluding tert-OH is 1. The standard InChI is InChI=1S/C13H20FN3O3S/c1-16(2)7-11-6-12(18)8-17(11)21(19,20)13-4-9(14)3-10(15)5-13/h3-5,11-12,18H,6-8,15H2,1-2H3. The monoisotopic (exact) mass is 317 g/mol. The molecule has 1 aliphatic heterocycles. The van der Waals surface area contributed by atoms with Crippen molar-refractivity contribution in [3.63, 3.8) is 0 Å². The molecule has 0 aromatic heterocycles. The maximum absolute atomic E-state index is 13.4. The number of β-amino-alcohol motifs (C(OH)–C–C–N with tert-alkyl or cyclic N) is 1. The second-order valence-corrected chi connectivity index (χ2v) is 7.49. The fourth-order valence-corrected chi connectivity index (χ4v) is 4.34. The first kappa shape index (κ1) is 16.2. The number of nitrogens with two attached hydrogens (primary N) is 1. The van der Waals surface area contributed by atoms with Crippen LogP contribution < -0.4 is 5.73 Å². The molecule has 8 heteroatoms. The summed E-state index contributed by atoms with van der Waals surface area (Å²) >= 11 is 0. The molecule has 1 aromatic rings. The Morgan fingerprint density at radius 3 is 2.67 bits per heavy atom. The van der Waals surface area contributed by atoms with Crippen LogP contribution in [0.5, 0.6) is 0 Å². The third-order valence-electron chi connectivity index (χ3n) is 3.42. The highest BCUT2D eigenvalue weighted by atomic mass is 32.2. The van der Waals surface area contributed by atoms with Gasteiger partial charge >= 0.3 is 0 Å². The third-order valence-corrected chi connectivity index (χ3v) is 5.31. The lowest BCUT2D eigenvalue weighted by Gasteiger charge is -2.26. The Hall–Kier alpha value is -1.22. The average Bonchev–Trinajstić information content (AvgIpc) is 2.68. The van der Waals surface area contributed by atoms with Crippen LogP contribution in [0, 0.1) is 5.82 Å². The zero-order valence-electron chi connectivity index (χ0n) is 12.0. The van der Waals surface area contributed by atoms with Crippen molar-refractivity contribution < 1.29 is 17.9 Å². The van der Waals surface area contributed by atoms with Crippen molar-refractivity contribution in [3.8, 4) is 0 Å². The number of hydrogen-bond acceptors (Lipinski definition) is 5. The first-order valence-electron chi connectivity index (χ1n) is 6.61. The van der Waals surface area contributed by atoms with E-state index < -0.39 is 21.9 Å². The molecular formula is C13H20FN3O3S. The van der Waals surface area contributed by atoms with Crippen LogP contribution in [0.25, 0.3) is 0 Å². The largest absolute Gasteiger partial charge is 0.399 e. The molecule has 118 valence electrons. The summed E-state index contributed by atoms with van der Waals surface area (Å²) in [6.45, 7) is 0.498. The van der Waals surface area contributed by atoms with Gasteiger partial charge in [-0.2, -0.15) is 4.31 Å². The van der Waals surface area contributed by atoms with E-state index in [0.717, 1.165) is 12.1 Å². The van der Waals surface area contributed by atoms with Gasteiger partial charge in [0.05, 0.1) is 11.0 Å². The van der Waals surface area contributed by atoms with E-state index in [1.807, 2.05) is 19.0 Å². The number of nitrogens with zero attached hydrogens (tertiary/aromatic N) is 2. The molecular weight excluding hydrogens is 297 g/mol. The number of likely N-dealkylation sites (N-methyl/N-ethyl adjacent to an activating group) is 1. The predicted octanol–water partition coefficient (Wildman–Crippen LogP) is 0.0934. The van der Waals surface area contributed by atoms with Gasteiger partial charge in [0, 0.05) is 24.8 Å². The van der Waals surface area contributed by atoms with Gasteiger partial charge in [0.25, 0.3) is 0 Å². The zero-order valence-corrected chi connectivity index (χ0v) is 12.8. The van der Waals surface area contributed by atoms with E-state index in [1.54, 1.807) is 0 Å². The molecule has 0 bridgehead atoms. The summed E-state index contributed by atoms with van der Waals surface area (Å²) in [5, 5.41) is 9.78. The molecule has 0 amide bonds. The van der Waals surface area contributed by atoms with Crippen molar-refractivity contribution >= 4 is 15.7 Å². The maximum atomic E-state index is 13.4. The SMILES string of the molecule is CN(C)CC1CC(O)CN1S(=O)(=O)c1cc(N)cc(F)c1. The Kier molecular flexibility index (Phi) is 4.52. The van der Waals surface area contributed by atoms with Crippen LogP contribution >= 0.6 is 0 Å². The predicted molar refractivity (Wildman–Crippen MR) is 77.7 cm³/mol. The van der Waals surface area contributed by atoms with Crippen LogP contribution in [0.2, 0.25) is 0 Å². The summed E-state index contributed by atoms with van der Waals surface area (Å²) in [5.41, 5.74) is 5.57. The van der Waals surface area contributed by atoms with E-state index in [2.05, 4.69) is 0 Å². The fourth-order valence-electron chi connectivity index (χ4n) is 2.61. The quantitative estimate of drug-likeness (QED) is 0.769. The van der Waals surface area contributed by atoms with Gasteiger partial charge in [0.1, 0.15) is 5.82 Å². The minimum absolute atomic E-state index is 0.0112. The molecule has 2 rings (SSSR count). The molecule has 1 aromatic carbocycles. The van der Waals surface area contributed by atoms with Gasteiger partial charge in [-0.05, 0) is 38.7 Å². The Morgan fingerprint density at radius 1 is 1.43 bits per heavy atom. The second kappa shape index (κ2) is 5.88. The van der Waals surface area contributed by atoms with Gasteiger partial charge in [-0.3, -0.25) is 0 Å². The smallest absolute Gasteiger partial charge is 0.243 e. The molecule has 2 unspecified atom stereocenters. The van der Waals surface area contributed by atoms with Gasteiger partial charge in [0.15, 0.2) is 0 Å². The lowest BCUT2D eigenvalue weighted by atomic mass is 10.2. The van der Waals surface area contributed by atoms with Gasteiger partial charge in [0.2, 0.25) is 10.0 Å². The van der Waals surface area contributed by atoms with Gasteiger partial charge in [-0.15, -0.1) is 0 Å². The number of rotatable bonds is 4. The number of aliphatic hydroxyl groups is 1. The van der Waals surface area contributed by atoms with E-state index in [0.29, 0.717) is 13.0 Å². The lowest BCUT2D eigenvalue weighted by Crippen LogP contribution is -2.41. The van der Waals surface area contributed by atoms with Crippen LogP contribution in [0.3, 0.4) is 0 Å². The van der Waals surface area contributed by atoms with Crippen molar-refractivity contribution in [1.82, 2.24) is 9.21 Å². The molecule has 3 N–H and O–H groups in total. The zero-order chi connectivity index (χ0) is 15.8. The Bertz CT molecular complexity index is 601. The Morgan fingerprint density at radius 2 is 2.10 bits per heavy atom. The van der Waals surface area contributed by atoms with E-state index >= 15 is 0 Å². The summed E-state index contributed by atoms with van der Waals surface area (Å²) in [5.74, 6) is -0.697. The highest BCUT2D eigenvalue weighted by molar-refractivity contribution is 7.89. The second-order valence-electron chi connectivity index (χ2n) is 5.60. The van der Waals surface area contributed by atoms with Crippen LogP contribution in [0.15, 0.2) is 23.1 Å². The van der Waals surface area contributed by atoms with Gasteiger partial charge in [-0.25, -0.2) is 12.8 Å². The summed E-state index contributed by atoms with van der Waals surface area (Å²) in [4.78, 5) is 1.67. The van der Waals surface area contributed by atoms with Crippen LogP contribution in [0.4, 0.5) is 10.1 Å². The highest BCUT2D eigenvalue weighted by Crippen LogP contribution is 2.28. The lowest BCUT2D eigenvalue weighted by molar-refractivity contribution is 0.188. The summed E-state index contributed by atoms with van der Waals surface area (Å²) in [6, 6.07) is 2.90. The van der Waals surface area contributed by atoms with Gasteiger partial charge in [-0.1, -0.05) is 0 Å². The molecule has 0 spiro atoms. The molecule has 6 nitrogen and oxygen atoms in total. The van der Waals surface area contributed by atoms with E-state index in [-0.39, 0.29) is 23.2 Å². The molecule has 0 aliphatic carbocycles. The molecule has 0 radical (unpaired) electrons. The fraction of sp³-hybridized carbons (Fsp3) is 0.538. The first-order valence-corrected chi connectivity index (χ1v) is 8.05. The average molecular weight is 317 g/mol. The van der Waals surface area contributed by atoms with Crippen molar-refractivity contribution in [2.75, 3.05) is 32.9 Å². The summed E-state index contributed by atoms with van der Waals surface area (Å²) in [7, 11) is -0.227. The number of sulfonamides is 1. The minimum atomic E-state index is -3.88. The van der Waals surface area contributed by atoms with E-state index in [4.69, 9.17) is 5.73 Å². The number of halogens is 1. The molecule has 0 saturated carbocycles. The molecule has 2 atom stereocenters. The normalized spacial score (nSPS) is 23.9. The Balaban J connectivity index is 2.37. The van der Waals surface area contributed by atoms with E-state index in [9.17, 15) is 17.9 Å². The summed E-state index contributed by atoms with van der Waals surface area (Å²) < 4.78 is 39.9. The third kappa shape index (κ3) is 3.52. The number of nitrogen functional groups attached to an aromatic ring is 1. The topological polar surface area (TPSA) is 86.9 Å². The minimum Gasteiger partial charge on any atom is -0.399 e. The number of benzene rings is 1. The van der Waals surface area contributed by atoms with Crippen LogP contribution in [-0.4, -0.2) is 62.1 Å². The van der Waals surface area contributed by atoms with Crippen molar-refractivity contribution in [1.29, 1.82) is 0 Å². The first-order chi connectivity index (χ1) is 9.70. The number of hydrogen-bond donors (Lipinski definition) is 2.